The molecule has 0 unspecified atom stereocenters. The van der Waals surface area contributed by atoms with E-state index in [2.05, 4.69) is 10.6 Å². The van der Waals surface area contributed by atoms with E-state index in [9.17, 15) is 18.0 Å². The Labute approximate surface area is 192 Å². The van der Waals surface area contributed by atoms with E-state index in [1.807, 2.05) is 30.3 Å². The number of carbonyl (C=O) groups is 2. The summed E-state index contributed by atoms with van der Waals surface area (Å²) >= 11 is 0. The molecule has 3 aromatic rings. The van der Waals surface area contributed by atoms with Crippen molar-refractivity contribution in [1.29, 1.82) is 0 Å². The van der Waals surface area contributed by atoms with Crippen molar-refractivity contribution < 1.29 is 22.7 Å². The molecule has 0 saturated carbocycles. The molecule has 2 N–H and O–H groups in total. The van der Waals surface area contributed by atoms with E-state index in [1.165, 1.54) is 0 Å². The van der Waals surface area contributed by atoms with Crippen LogP contribution >= 0.6 is 0 Å². The Balaban J connectivity index is 1.51. The first-order valence-electron chi connectivity index (χ1n) is 10.3. The van der Waals surface area contributed by atoms with Gasteiger partial charge in [-0.1, -0.05) is 54.6 Å². The lowest BCUT2D eigenvalue weighted by Gasteiger charge is -2.33. The standard InChI is InChI=1S/C24H23N3O5S/c1-33(30,31)27-16-22(32-21-14-8-7-13-20(21)27)24(29)26-19-12-6-5-11-18(19)23(28)25-15-17-9-3-2-4-10-17/h2-14,22H,15-16H2,1H3,(H,25,28)(H,26,29)/t22-/m1/s1. The second-order valence-corrected chi connectivity index (χ2v) is 9.48. The summed E-state index contributed by atoms with van der Waals surface area (Å²) < 4.78 is 31.5. The normalized spacial score (nSPS) is 15.2. The zero-order chi connectivity index (χ0) is 23.4. The Morgan fingerprint density at radius 2 is 1.64 bits per heavy atom. The highest BCUT2D eigenvalue weighted by Crippen LogP contribution is 2.34. The van der Waals surface area contributed by atoms with Gasteiger partial charge in [0.15, 0.2) is 6.10 Å². The van der Waals surface area contributed by atoms with Crippen LogP contribution in [0, 0.1) is 0 Å². The van der Waals surface area contributed by atoms with Gasteiger partial charge in [0.1, 0.15) is 5.75 Å². The number of ether oxygens (including phenoxy) is 1. The Morgan fingerprint density at radius 1 is 0.970 bits per heavy atom. The third-order valence-electron chi connectivity index (χ3n) is 5.15. The van der Waals surface area contributed by atoms with Crippen molar-refractivity contribution in [3.8, 4) is 5.75 Å². The number of sulfonamides is 1. The van der Waals surface area contributed by atoms with Crippen molar-refractivity contribution in [3.63, 3.8) is 0 Å². The Kier molecular flexibility index (Phi) is 6.32. The van der Waals surface area contributed by atoms with Gasteiger partial charge in [0.25, 0.3) is 11.8 Å². The predicted octanol–water partition coefficient (Wildman–Crippen LogP) is 2.78. The van der Waals surface area contributed by atoms with Crippen molar-refractivity contribution in [2.75, 3.05) is 22.4 Å². The van der Waals surface area contributed by atoms with E-state index in [-0.39, 0.29) is 18.0 Å². The molecule has 0 bridgehead atoms. The topological polar surface area (TPSA) is 105 Å². The maximum absolute atomic E-state index is 13.0. The summed E-state index contributed by atoms with van der Waals surface area (Å²) in [6, 6.07) is 22.7. The maximum Gasteiger partial charge on any atom is 0.267 e. The highest BCUT2D eigenvalue weighted by molar-refractivity contribution is 7.92. The molecule has 0 aromatic heterocycles. The molecule has 0 saturated heterocycles. The zero-order valence-corrected chi connectivity index (χ0v) is 18.7. The molecular weight excluding hydrogens is 442 g/mol. The number of rotatable bonds is 6. The van der Waals surface area contributed by atoms with Crippen molar-refractivity contribution in [2.24, 2.45) is 0 Å². The van der Waals surface area contributed by atoms with Gasteiger partial charge >= 0.3 is 0 Å². The van der Waals surface area contributed by atoms with E-state index in [4.69, 9.17) is 4.74 Å². The molecule has 1 aliphatic heterocycles. The number of hydrogen-bond donors (Lipinski definition) is 2. The number of fused-ring (bicyclic) bond motifs is 1. The van der Waals surface area contributed by atoms with Gasteiger partial charge in [0.2, 0.25) is 10.0 Å². The van der Waals surface area contributed by atoms with Gasteiger partial charge < -0.3 is 15.4 Å². The summed E-state index contributed by atoms with van der Waals surface area (Å²) in [5.74, 6) is -0.605. The molecule has 0 fully saturated rings. The fourth-order valence-corrected chi connectivity index (χ4v) is 4.44. The van der Waals surface area contributed by atoms with Gasteiger partial charge in [0.05, 0.1) is 29.7 Å². The Morgan fingerprint density at radius 3 is 2.39 bits per heavy atom. The minimum Gasteiger partial charge on any atom is -0.476 e. The van der Waals surface area contributed by atoms with Crippen LogP contribution in [0.5, 0.6) is 5.75 Å². The third-order valence-corrected chi connectivity index (χ3v) is 6.30. The lowest BCUT2D eigenvalue weighted by molar-refractivity contribution is -0.122. The maximum atomic E-state index is 13.0. The van der Waals surface area contributed by atoms with Gasteiger partial charge in [-0.3, -0.25) is 13.9 Å². The smallest absolute Gasteiger partial charge is 0.267 e. The molecule has 1 aliphatic rings. The van der Waals surface area contributed by atoms with Crippen molar-refractivity contribution in [2.45, 2.75) is 12.6 Å². The van der Waals surface area contributed by atoms with Gasteiger partial charge in [-0.25, -0.2) is 8.42 Å². The van der Waals surface area contributed by atoms with Crippen LogP contribution in [0.1, 0.15) is 15.9 Å². The highest BCUT2D eigenvalue weighted by atomic mass is 32.2. The summed E-state index contributed by atoms with van der Waals surface area (Å²) in [5.41, 5.74) is 1.92. The molecule has 8 nitrogen and oxygen atoms in total. The van der Waals surface area contributed by atoms with Crippen LogP contribution < -0.4 is 19.7 Å². The molecule has 9 heteroatoms. The first-order chi connectivity index (χ1) is 15.8. The lowest BCUT2D eigenvalue weighted by atomic mass is 10.1. The number of amides is 2. The molecule has 2 amide bonds. The quantitative estimate of drug-likeness (QED) is 0.583. The molecular formula is C24H23N3O5S. The first kappa shape index (κ1) is 22.3. The van der Waals surface area contributed by atoms with E-state index < -0.39 is 22.0 Å². The number of nitrogens with zero attached hydrogens (tertiary/aromatic N) is 1. The van der Waals surface area contributed by atoms with E-state index in [0.717, 1.165) is 16.1 Å². The fraction of sp³-hybridized carbons (Fsp3) is 0.167. The monoisotopic (exact) mass is 465 g/mol. The molecule has 0 spiro atoms. The average Bonchev–Trinajstić information content (AvgIpc) is 2.82. The minimum atomic E-state index is -3.62. The molecule has 0 radical (unpaired) electrons. The molecule has 170 valence electrons. The summed E-state index contributed by atoms with van der Waals surface area (Å²) in [6.45, 7) is 0.165. The second-order valence-electron chi connectivity index (χ2n) is 7.57. The summed E-state index contributed by atoms with van der Waals surface area (Å²) in [4.78, 5) is 25.8. The number of para-hydroxylation sites is 3. The highest BCUT2D eigenvalue weighted by Gasteiger charge is 2.35. The summed E-state index contributed by atoms with van der Waals surface area (Å²) in [7, 11) is -3.62. The number of benzene rings is 3. The predicted molar refractivity (Wildman–Crippen MR) is 126 cm³/mol. The molecule has 4 rings (SSSR count). The van der Waals surface area contributed by atoms with Crippen LogP contribution in [-0.2, 0) is 21.4 Å². The van der Waals surface area contributed by atoms with Gasteiger partial charge in [-0.2, -0.15) is 0 Å². The third kappa shape index (κ3) is 5.15. The van der Waals surface area contributed by atoms with Crippen LogP contribution in [0.15, 0.2) is 78.9 Å². The molecule has 1 atom stereocenters. The van der Waals surface area contributed by atoms with Gasteiger partial charge in [0, 0.05) is 6.54 Å². The minimum absolute atomic E-state index is 0.177. The van der Waals surface area contributed by atoms with Gasteiger partial charge in [-0.05, 0) is 29.8 Å². The molecule has 0 aliphatic carbocycles. The molecule has 1 heterocycles. The fourth-order valence-electron chi connectivity index (χ4n) is 3.53. The molecule has 3 aromatic carbocycles. The van der Waals surface area contributed by atoms with Crippen LogP contribution in [0.25, 0.3) is 0 Å². The number of anilines is 2. The number of nitrogens with one attached hydrogen (secondary N) is 2. The van der Waals surface area contributed by atoms with Gasteiger partial charge in [-0.15, -0.1) is 0 Å². The average molecular weight is 466 g/mol. The Bertz CT molecular complexity index is 1280. The largest absolute Gasteiger partial charge is 0.476 e. The van der Waals surface area contributed by atoms with E-state index >= 15 is 0 Å². The second kappa shape index (κ2) is 9.33. The van der Waals surface area contributed by atoms with Crippen LogP contribution in [-0.4, -0.2) is 39.1 Å². The number of carbonyl (C=O) groups excluding carboxylic acids is 2. The van der Waals surface area contributed by atoms with Crippen molar-refractivity contribution >= 4 is 33.2 Å². The van der Waals surface area contributed by atoms with Crippen molar-refractivity contribution in [1.82, 2.24) is 5.32 Å². The van der Waals surface area contributed by atoms with Crippen LogP contribution in [0.2, 0.25) is 0 Å². The molecule has 33 heavy (non-hydrogen) atoms. The van der Waals surface area contributed by atoms with Crippen molar-refractivity contribution in [3.05, 3.63) is 90.0 Å². The Hall–Kier alpha value is -3.85. The summed E-state index contributed by atoms with van der Waals surface area (Å²) in [6.07, 6.45) is -0.00811. The lowest BCUT2D eigenvalue weighted by Crippen LogP contribution is -2.48. The van der Waals surface area contributed by atoms with E-state index in [1.54, 1.807) is 48.5 Å². The van der Waals surface area contributed by atoms with Crippen LogP contribution in [0.4, 0.5) is 11.4 Å². The number of hydrogen-bond acceptors (Lipinski definition) is 5. The zero-order valence-electron chi connectivity index (χ0n) is 17.9. The first-order valence-corrected chi connectivity index (χ1v) is 12.1. The van der Waals surface area contributed by atoms with E-state index in [0.29, 0.717) is 23.7 Å². The SMILES string of the molecule is CS(=O)(=O)N1C[C@H](C(=O)Nc2ccccc2C(=O)NCc2ccccc2)Oc2ccccc21. The van der Waals surface area contributed by atoms with Crippen LogP contribution in [0.3, 0.4) is 0 Å². The summed E-state index contributed by atoms with van der Waals surface area (Å²) in [5, 5.41) is 5.56.